The van der Waals surface area contributed by atoms with Crippen molar-refractivity contribution in [3.05, 3.63) is 45.1 Å². The first-order valence-corrected chi connectivity index (χ1v) is 9.29. The first kappa shape index (κ1) is 20.4. The SMILES string of the molecule is [C-]#[N+]c1ccc(Cl)cc1S[C@H]1OC(COC(C)=O)[C@H](C)C(N=[N+]=[N-])[C@@H]1C. The van der Waals surface area contributed by atoms with Gasteiger partial charge in [0, 0.05) is 33.7 Å². The number of nitrogens with zero attached hydrogens (tertiary/aromatic N) is 4. The Balaban J connectivity index is 2.28. The summed E-state index contributed by atoms with van der Waals surface area (Å²) in [5.74, 6) is -0.608. The summed E-state index contributed by atoms with van der Waals surface area (Å²) in [5.41, 5.74) is 9.02. The van der Waals surface area contributed by atoms with E-state index in [2.05, 4.69) is 14.9 Å². The number of ether oxygens (including phenoxy) is 2. The van der Waals surface area contributed by atoms with Crippen LogP contribution in [0.1, 0.15) is 20.8 Å². The van der Waals surface area contributed by atoms with Gasteiger partial charge >= 0.3 is 5.97 Å². The molecule has 26 heavy (non-hydrogen) atoms. The van der Waals surface area contributed by atoms with E-state index < -0.39 is 12.1 Å². The number of azide groups is 1. The number of esters is 1. The number of carbonyl (C=O) groups excluding carboxylic acids is 1. The monoisotopic (exact) mass is 394 g/mol. The van der Waals surface area contributed by atoms with Crippen LogP contribution in [0, 0.1) is 18.4 Å². The maximum atomic E-state index is 11.1. The van der Waals surface area contributed by atoms with E-state index in [0.29, 0.717) is 15.6 Å². The number of carbonyl (C=O) groups is 1. The molecular formula is C17H19ClN4O3S. The van der Waals surface area contributed by atoms with E-state index in [0.717, 1.165) is 0 Å². The maximum absolute atomic E-state index is 11.1. The van der Waals surface area contributed by atoms with Crippen molar-refractivity contribution in [2.45, 2.75) is 43.2 Å². The molecule has 1 aliphatic rings. The van der Waals surface area contributed by atoms with Crippen molar-refractivity contribution in [1.29, 1.82) is 0 Å². The van der Waals surface area contributed by atoms with Crippen LogP contribution in [0.15, 0.2) is 28.2 Å². The Labute approximate surface area is 161 Å². The molecule has 1 heterocycles. The zero-order valence-electron chi connectivity index (χ0n) is 14.6. The average Bonchev–Trinajstić information content (AvgIpc) is 2.60. The molecule has 1 fully saturated rings. The lowest BCUT2D eigenvalue weighted by Crippen LogP contribution is -2.48. The smallest absolute Gasteiger partial charge is 0.302 e. The number of rotatable bonds is 5. The van der Waals surface area contributed by atoms with Crippen LogP contribution < -0.4 is 0 Å². The topological polar surface area (TPSA) is 88.6 Å². The quantitative estimate of drug-likeness (QED) is 0.225. The summed E-state index contributed by atoms with van der Waals surface area (Å²) >= 11 is 7.43. The minimum Gasteiger partial charge on any atom is -0.463 e. The van der Waals surface area contributed by atoms with Crippen LogP contribution in [-0.2, 0) is 14.3 Å². The summed E-state index contributed by atoms with van der Waals surface area (Å²) in [6, 6.07) is 4.73. The lowest BCUT2D eigenvalue weighted by molar-refractivity contribution is -0.153. The van der Waals surface area contributed by atoms with E-state index in [1.165, 1.54) is 18.7 Å². The zero-order chi connectivity index (χ0) is 19.3. The summed E-state index contributed by atoms with van der Waals surface area (Å²) in [7, 11) is 0. The van der Waals surface area contributed by atoms with E-state index >= 15 is 0 Å². The number of hydrogen-bond donors (Lipinski definition) is 0. The summed E-state index contributed by atoms with van der Waals surface area (Å²) in [5, 5.41) is 4.46. The van der Waals surface area contributed by atoms with Gasteiger partial charge < -0.3 is 9.47 Å². The molecule has 7 nitrogen and oxygen atoms in total. The van der Waals surface area contributed by atoms with Gasteiger partial charge in [-0.05, 0) is 17.5 Å². The van der Waals surface area contributed by atoms with Gasteiger partial charge in [-0.25, -0.2) is 4.85 Å². The minimum absolute atomic E-state index is 0.0863. The number of thioether (sulfide) groups is 1. The van der Waals surface area contributed by atoms with Gasteiger partial charge in [-0.2, -0.15) is 0 Å². The highest BCUT2D eigenvalue weighted by Gasteiger charge is 2.42. The molecule has 2 rings (SSSR count). The summed E-state index contributed by atoms with van der Waals surface area (Å²) in [6.07, 6.45) is -0.404. The first-order chi connectivity index (χ1) is 12.4. The summed E-state index contributed by atoms with van der Waals surface area (Å²) in [4.78, 5) is 18.3. The molecule has 0 aromatic heterocycles. The standard InChI is InChI=1S/C17H19ClN4O3S/c1-9-14(8-24-11(3)23)25-17(10(2)16(9)21-22-19)26-15-7-12(18)5-6-13(15)20-4/h5-7,9-10,14,16-17H,8H2,1-3H3/t9-,10-,14?,16?,17+/m0/s1. The van der Waals surface area contributed by atoms with Crippen LogP contribution in [0.5, 0.6) is 0 Å². The van der Waals surface area contributed by atoms with Gasteiger partial charge in [-0.3, -0.25) is 4.79 Å². The van der Waals surface area contributed by atoms with E-state index in [4.69, 9.17) is 33.2 Å². The van der Waals surface area contributed by atoms with E-state index in [1.807, 2.05) is 13.8 Å². The molecule has 1 saturated heterocycles. The number of halogens is 1. The highest BCUT2D eigenvalue weighted by atomic mass is 35.5. The van der Waals surface area contributed by atoms with Gasteiger partial charge in [-0.1, -0.05) is 42.7 Å². The summed E-state index contributed by atoms with van der Waals surface area (Å²) in [6.45, 7) is 12.6. The Hall–Kier alpha value is -1.91. The van der Waals surface area contributed by atoms with Crippen molar-refractivity contribution in [2.75, 3.05) is 6.61 Å². The molecule has 9 heteroatoms. The fourth-order valence-corrected chi connectivity index (χ4v) is 4.37. The van der Waals surface area contributed by atoms with Crippen molar-refractivity contribution in [1.82, 2.24) is 0 Å². The van der Waals surface area contributed by atoms with E-state index in [-0.39, 0.29) is 29.9 Å². The van der Waals surface area contributed by atoms with Gasteiger partial charge in [0.1, 0.15) is 12.0 Å². The second kappa shape index (κ2) is 9.15. The molecule has 0 amide bonds. The second-order valence-electron chi connectivity index (χ2n) is 6.10. The third kappa shape index (κ3) is 4.83. The van der Waals surface area contributed by atoms with Gasteiger partial charge in [-0.15, -0.1) is 11.8 Å². The fraction of sp³-hybridized carbons (Fsp3) is 0.529. The van der Waals surface area contributed by atoms with Crippen molar-refractivity contribution in [3.63, 3.8) is 0 Å². The molecule has 1 aromatic carbocycles. The second-order valence-corrected chi connectivity index (χ2v) is 7.68. The average molecular weight is 395 g/mol. The van der Waals surface area contributed by atoms with Crippen LogP contribution in [0.25, 0.3) is 15.3 Å². The predicted molar refractivity (Wildman–Crippen MR) is 100 cm³/mol. The molecule has 0 saturated carbocycles. The minimum atomic E-state index is -0.404. The lowest BCUT2D eigenvalue weighted by Gasteiger charge is -2.42. The molecule has 138 valence electrons. The number of hydrogen-bond acceptors (Lipinski definition) is 5. The highest BCUT2D eigenvalue weighted by molar-refractivity contribution is 8.00. The molecule has 0 spiro atoms. The van der Waals surface area contributed by atoms with Crippen LogP contribution in [0.2, 0.25) is 5.02 Å². The third-order valence-electron chi connectivity index (χ3n) is 4.32. The molecule has 5 atom stereocenters. The van der Waals surface area contributed by atoms with Crippen LogP contribution in [0.3, 0.4) is 0 Å². The van der Waals surface area contributed by atoms with Crippen molar-refractivity contribution < 1.29 is 14.3 Å². The van der Waals surface area contributed by atoms with Crippen molar-refractivity contribution in [2.24, 2.45) is 17.0 Å². The molecule has 2 unspecified atom stereocenters. The Morgan fingerprint density at radius 2 is 2.19 bits per heavy atom. The van der Waals surface area contributed by atoms with Gasteiger partial charge in [0.2, 0.25) is 5.69 Å². The van der Waals surface area contributed by atoms with Crippen molar-refractivity contribution >= 4 is 35.0 Å². The third-order valence-corrected chi connectivity index (χ3v) is 5.91. The highest BCUT2D eigenvalue weighted by Crippen LogP contribution is 2.43. The van der Waals surface area contributed by atoms with E-state index in [9.17, 15) is 4.79 Å². The van der Waals surface area contributed by atoms with Gasteiger partial charge in [0.25, 0.3) is 0 Å². The van der Waals surface area contributed by atoms with Crippen LogP contribution in [-0.4, -0.2) is 30.2 Å². The first-order valence-electron chi connectivity index (χ1n) is 8.04. The Bertz CT molecular complexity index is 763. The molecule has 0 radical (unpaired) electrons. The molecular weight excluding hydrogens is 376 g/mol. The molecule has 0 N–H and O–H groups in total. The summed E-state index contributed by atoms with van der Waals surface area (Å²) < 4.78 is 11.2. The molecule has 0 bridgehead atoms. The molecule has 0 aliphatic carbocycles. The Kier molecular flexibility index (Phi) is 7.18. The molecule has 1 aromatic rings. The Morgan fingerprint density at radius 1 is 1.46 bits per heavy atom. The Morgan fingerprint density at radius 3 is 2.81 bits per heavy atom. The largest absolute Gasteiger partial charge is 0.463 e. The zero-order valence-corrected chi connectivity index (χ0v) is 16.2. The van der Waals surface area contributed by atoms with Crippen LogP contribution >= 0.6 is 23.4 Å². The fourth-order valence-electron chi connectivity index (χ4n) is 2.88. The number of benzene rings is 1. The van der Waals surface area contributed by atoms with Crippen LogP contribution in [0.4, 0.5) is 5.69 Å². The maximum Gasteiger partial charge on any atom is 0.302 e. The van der Waals surface area contributed by atoms with Gasteiger partial charge in [0.15, 0.2) is 0 Å². The normalized spacial score (nSPS) is 27.9. The van der Waals surface area contributed by atoms with Gasteiger partial charge in [0.05, 0.1) is 12.7 Å². The molecule has 1 aliphatic heterocycles. The van der Waals surface area contributed by atoms with Crippen molar-refractivity contribution in [3.8, 4) is 0 Å². The predicted octanol–water partition coefficient (Wildman–Crippen LogP) is 5.22. The van der Waals surface area contributed by atoms with E-state index in [1.54, 1.807) is 18.2 Å². The lowest BCUT2D eigenvalue weighted by atomic mass is 9.85.